The van der Waals surface area contributed by atoms with Crippen LogP contribution in [0.1, 0.15) is 29.6 Å². The molecule has 2 saturated heterocycles. The van der Waals surface area contributed by atoms with Gasteiger partial charge in [-0.1, -0.05) is 0 Å². The Bertz CT molecular complexity index is 1210. The average molecular weight is 474 g/mol. The Hall–Kier alpha value is -3.46. The molecular weight excluding hydrogens is 445 g/mol. The van der Waals surface area contributed by atoms with Crippen LogP contribution in [0.25, 0.3) is 11.3 Å². The number of carbonyl (C=O) groups is 1. The first-order valence-corrected chi connectivity index (χ1v) is 12.2. The van der Waals surface area contributed by atoms with E-state index in [1.54, 1.807) is 18.6 Å². The van der Waals surface area contributed by atoms with Crippen molar-refractivity contribution in [1.29, 1.82) is 0 Å². The summed E-state index contributed by atoms with van der Waals surface area (Å²) in [5.41, 5.74) is 2.40. The standard InChI is InChI=1S/C26H28FN7O/c27-20-12-19(14-29-15-20)25(35)34-17-26(18-34)4-3-21(13-26)32-8-10-33(11-9-32)24-22(2-1-5-31-24)23-16-28-6-7-30-23/h1-2,5-7,12,14-16,21H,3-4,8-11,13,17-18H2/t21-/m1/s1. The molecule has 0 aromatic carbocycles. The molecule has 1 aliphatic carbocycles. The first-order valence-electron chi connectivity index (χ1n) is 12.2. The molecule has 9 heteroatoms. The second-order valence-corrected chi connectivity index (χ2v) is 9.94. The van der Waals surface area contributed by atoms with Crippen LogP contribution >= 0.6 is 0 Å². The van der Waals surface area contributed by atoms with Gasteiger partial charge >= 0.3 is 0 Å². The molecule has 3 aromatic heterocycles. The van der Waals surface area contributed by atoms with Gasteiger partial charge in [0, 0.05) is 81.1 Å². The van der Waals surface area contributed by atoms with Gasteiger partial charge in [-0.05, 0) is 37.5 Å². The molecule has 3 aliphatic rings. The molecular formula is C26H28FN7O. The van der Waals surface area contributed by atoms with Crippen LogP contribution in [-0.4, -0.2) is 81.0 Å². The summed E-state index contributed by atoms with van der Waals surface area (Å²) in [4.78, 5) is 36.7. The fourth-order valence-corrected chi connectivity index (χ4v) is 5.98. The summed E-state index contributed by atoms with van der Waals surface area (Å²) in [5.74, 6) is 0.380. The number of carbonyl (C=O) groups excluding carboxylic acids is 1. The Labute approximate surface area is 203 Å². The van der Waals surface area contributed by atoms with Crippen molar-refractivity contribution in [2.24, 2.45) is 5.41 Å². The third-order valence-corrected chi connectivity index (χ3v) is 7.72. The number of amides is 1. The summed E-state index contributed by atoms with van der Waals surface area (Å²) >= 11 is 0. The van der Waals surface area contributed by atoms with Crippen molar-refractivity contribution in [3.05, 3.63) is 66.8 Å². The minimum absolute atomic E-state index is 0.117. The molecule has 1 spiro atoms. The van der Waals surface area contributed by atoms with E-state index in [1.807, 2.05) is 17.2 Å². The van der Waals surface area contributed by atoms with Gasteiger partial charge in [-0.25, -0.2) is 9.37 Å². The maximum absolute atomic E-state index is 13.5. The number of hydrogen-bond donors (Lipinski definition) is 0. The van der Waals surface area contributed by atoms with Gasteiger partial charge in [-0.3, -0.25) is 24.6 Å². The van der Waals surface area contributed by atoms with E-state index in [1.165, 1.54) is 12.3 Å². The molecule has 0 N–H and O–H groups in total. The van der Waals surface area contributed by atoms with Crippen LogP contribution in [0.15, 0.2) is 55.4 Å². The third kappa shape index (κ3) is 4.25. The highest BCUT2D eigenvalue weighted by atomic mass is 19.1. The number of halogens is 1. The second-order valence-electron chi connectivity index (χ2n) is 9.94. The molecule has 180 valence electrons. The molecule has 1 saturated carbocycles. The lowest BCUT2D eigenvalue weighted by Crippen LogP contribution is -2.58. The summed E-state index contributed by atoms with van der Waals surface area (Å²) in [6, 6.07) is 5.82. The van der Waals surface area contributed by atoms with E-state index >= 15 is 0 Å². The number of pyridine rings is 2. The summed E-state index contributed by atoms with van der Waals surface area (Å²) in [6.07, 6.45) is 13.0. The molecule has 0 radical (unpaired) electrons. The van der Waals surface area contributed by atoms with Gasteiger partial charge in [0.2, 0.25) is 0 Å². The lowest BCUT2D eigenvalue weighted by atomic mass is 9.77. The zero-order valence-corrected chi connectivity index (χ0v) is 19.6. The van der Waals surface area contributed by atoms with E-state index in [9.17, 15) is 9.18 Å². The van der Waals surface area contributed by atoms with Crippen molar-refractivity contribution >= 4 is 11.7 Å². The second kappa shape index (κ2) is 8.96. The van der Waals surface area contributed by atoms with Crippen molar-refractivity contribution in [2.75, 3.05) is 44.2 Å². The van der Waals surface area contributed by atoms with Crippen LogP contribution in [0, 0.1) is 11.2 Å². The number of anilines is 1. The molecule has 8 nitrogen and oxygen atoms in total. The van der Waals surface area contributed by atoms with E-state index in [0.717, 1.165) is 81.8 Å². The summed E-state index contributed by atoms with van der Waals surface area (Å²) < 4.78 is 13.5. The molecule has 1 amide bonds. The predicted molar refractivity (Wildman–Crippen MR) is 129 cm³/mol. The van der Waals surface area contributed by atoms with Gasteiger partial charge < -0.3 is 9.80 Å². The van der Waals surface area contributed by atoms with Crippen LogP contribution in [0.3, 0.4) is 0 Å². The largest absolute Gasteiger partial charge is 0.353 e. The maximum atomic E-state index is 13.5. The van der Waals surface area contributed by atoms with Crippen LogP contribution in [0.2, 0.25) is 0 Å². The van der Waals surface area contributed by atoms with Gasteiger partial charge in [0.1, 0.15) is 11.6 Å². The van der Waals surface area contributed by atoms with Gasteiger partial charge in [-0.2, -0.15) is 0 Å². The van der Waals surface area contributed by atoms with Crippen molar-refractivity contribution in [3.8, 4) is 11.3 Å². The summed E-state index contributed by atoms with van der Waals surface area (Å²) in [7, 11) is 0. The SMILES string of the molecule is O=C(c1cncc(F)c1)N1CC2(CC[C@@H](N3CCN(c4ncccc4-c4cnccn4)CC3)C2)C1. The lowest BCUT2D eigenvalue weighted by molar-refractivity contribution is 0.00467. The molecule has 6 rings (SSSR count). The Morgan fingerprint density at radius 3 is 2.63 bits per heavy atom. The average Bonchev–Trinajstić information content (AvgIpc) is 3.34. The van der Waals surface area contributed by atoms with Gasteiger partial charge in [-0.15, -0.1) is 0 Å². The molecule has 3 fully saturated rings. The number of piperazine rings is 1. The smallest absolute Gasteiger partial charge is 0.255 e. The highest BCUT2D eigenvalue weighted by Gasteiger charge is 2.50. The van der Waals surface area contributed by atoms with Crippen molar-refractivity contribution in [2.45, 2.75) is 25.3 Å². The minimum Gasteiger partial charge on any atom is -0.353 e. The molecule has 5 heterocycles. The molecule has 1 atom stereocenters. The van der Waals surface area contributed by atoms with E-state index in [0.29, 0.717) is 11.6 Å². The number of likely N-dealkylation sites (tertiary alicyclic amines) is 1. The van der Waals surface area contributed by atoms with Gasteiger partial charge in [0.15, 0.2) is 0 Å². The maximum Gasteiger partial charge on any atom is 0.255 e. The quantitative estimate of drug-likeness (QED) is 0.577. The van der Waals surface area contributed by atoms with Crippen LogP contribution in [0.4, 0.5) is 10.2 Å². The predicted octanol–water partition coefficient (Wildman–Crippen LogP) is 2.89. The first-order chi connectivity index (χ1) is 17.1. The lowest BCUT2D eigenvalue weighted by Gasteiger charge is -2.49. The normalized spacial score (nSPS) is 21.8. The highest BCUT2D eigenvalue weighted by Crippen LogP contribution is 2.47. The fourth-order valence-electron chi connectivity index (χ4n) is 5.98. The summed E-state index contributed by atoms with van der Waals surface area (Å²) in [5, 5.41) is 0. The highest BCUT2D eigenvalue weighted by molar-refractivity contribution is 5.94. The number of aromatic nitrogens is 4. The zero-order chi connectivity index (χ0) is 23.8. The molecule has 0 bridgehead atoms. The van der Waals surface area contributed by atoms with E-state index in [4.69, 9.17) is 0 Å². The number of hydrogen-bond acceptors (Lipinski definition) is 7. The molecule has 0 unspecified atom stereocenters. The molecule has 3 aromatic rings. The Kier molecular flexibility index (Phi) is 5.64. The third-order valence-electron chi connectivity index (χ3n) is 7.72. The first kappa shape index (κ1) is 22.0. The van der Waals surface area contributed by atoms with Crippen LogP contribution in [0.5, 0.6) is 0 Å². The molecule has 2 aliphatic heterocycles. The molecule has 35 heavy (non-hydrogen) atoms. The van der Waals surface area contributed by atoms with Crippen molar-refractivity contribution in [1.82, 2.24) is 29.7 Å². The Morgan fingerprint density at radius 2 is 1.86 bits per heavy atom. The topological polar surface area (TPSA) is 78.4 Å². The van der Waals surface area contributed by atoms with E-state index in [2.05, 4.69) is 35.8 Å². The summed E-state index contributed by atoms with van der Waals surface area (Å²) in [6.45, 7) is 5.35. The monoisotopic (exact) mass is 473 g/mol. The van der Waals surface area contributed by atoms with E-state index in [-0.39, 0.29) is 11.3 Å². The van der Waals surface area contributed by atoms with E-state index < -0.39 is 5.82 Å². The van der Waals surface area contributed by atoms with Crippen molar-refractivity contribution in [3.63, 3.8) is 0 Å². The van der Waals surface area contributed by atoms with Crippen molar-refractivity contribution < 1.29 is 9.18 Å². The number of nitrogens with zero attached hydrogens (tertiary/aromatic N) is 7. The van der Waals surface area contributed by atoms with Crippen LogP contribution < -0.4 is 4.90 Å². The van der Waals surface area contributed by atoms with Crippen LogP contribution in [-0.2, 0) is 0 Å². The number of rotatable bonds is 4. The van der Waals surface area contributed by atoms with Gasteiger partial charge in [0.05, 0.1) is 23.7 Å². The Morgan fingerprint density at radius 1 is 1.00 bits per heavy atom. The zero-order valence-electron chi connectivity index (χ0n) is 19.6. The Balaban J connectivity index is 1.05. The minimum atomic E-state index is -0.472. The fraction of sp³-hybridized carbons (Fsp3) is 0.423. The van der Waals surface area contributed by atoms with Gasteiger partial charge in [0.25, 0.3) is 5.91 Å².